The molecule has 0 fully saturated rings. The zero-order valence-electron chi connectivity index (χ0n) is 7.51. The fourth-order valence-corrected chi connectivity index (χ4v) is 0.865. The Labute approximate surface area is 86.8 Å². The first-order valence-corrected chi connectivity index (χ1v) is 3.82. The Morgan fingerprint density at radius 3 is 2.50 bits per heavy atom. The molecule has 0 saturated heterocycles. The molecule has 1 aromatic rings. The zero-order chi connectivity index (χ0) is 9.84. The topological polar surface area (TPSA) is 33.1 Å². The molecule has 0 aliphatic rings. The number of hydrogen-bond donors (Lipinski definition) is 1. The summed E-state index contributed by atoms with van der Waals surface area (Å²) in [6.07, 6.45) is 0. The SMILES string of the molecule is CCOC(=N)c1ccc(F)c(F)c1.Cl. The van der Waals surface area contributed by atoms with Crippen molar-refractivity contribution < 1.29 is 13.5 Å². The van der Waals surface area contributed by atoms with E-state index in [1.807, 2.05) is 0 Å². The molecule has 0 bridgehead atoms. The minimum absolute atomic E-state index is 0. The summed E-state index contributed by atoms with van der Waals surface area (Å²) < 4.78 is 29.9. The Morgan fingerprint density at radius 1 is 1.36 bits per heavy atom. The lowest BCUT2D eigenvalue weighted by Crippen LogP contribution is -2.05. The van der Waals surface area contributed by atoms with E-state index in [-0.39, 0.29) is 23.9 Å². The van der Waals surface area contributed by atoms with Crippen LogP contribution in [0.1, 0.15) is 12.5 Å². The van der Waals surface area contributed by atoms with Crippen LogP contribution in [0, 0.1) is 17.0 Å². The summed E-state index contributed by atoms with van der Waals surface area (Å²) >= 11 is 0. The minimum atomic E-state index is -0.970. The molecule has 14 heavy (non-hydrogen) atoms. The maximum absolute atomic E-state index is 12.7. The van der Waals surface area contributed by atoms with E-state index in [4.69, 9.17) is 10.1 Å². The van der Waals surface area contributed by atoms with Gasteiger partial charge >= 0.3 is 0 Å². The van der Waals surface area contributed by atoms with Crippen molar-refractivity contribution in [1.29, 1.82) is 5.41 Å². The lowest BCUT2D eigenvalue weighted by Gasteiger charge is -2.04. The Bertz CT molecular complexity index is 331. The molecule has 0 saturated carbocycles. The van der Waals surface area contributed by atoms with Crippen molar-refractivity contribution in [3.63, 3.8) is 0 Å². The van der Waals surface area contributed by atoms with Gasteiger partial charge in [-0.3, -0.25) is 5.41 Å². The molecule has 78 valence electrons. The van der Waals surface area contributed by atoms with Crippen LogP contribution in [0.3, 0.4) is 0 Å². The van der Waals surface area contributed by atoms with Crippen molar-refractivity contribution in [3.8, 4) is 0 Å². The minimum Gasteiger partial charge on any atom is -0.478 e. The van der Waals surface area contributed by atoms with E-state index >= 15 is 0 Å². The van der Waals surface area contributed by atoms with Crippen LogP contribution in [0.25, 0.3) is 0 Å². The maximum Gasteiger partial charge on any atom is 0.213 e. The quantitative estimate of drug-likeness (QED) is 0.605. The van der Waals surface area contributed by atoms with E-state index < -0.39 is 11.6 Å². The summed E-state index contributed by atoms with van der Waals surface area (Å²) in [6.45, 7) is 2.05. The number of benzene rings is 1. The van der Waals surface area contributed by atoms with Gasteiger partial charge in [0, 0.05) is 5.56 Å². The van der Waals surface area contributed by atoms with Crippen molar-refractivity contribution in [3.05, 3.63) is 35.4 Å². The van der Waals surface area contributed by atoms with Crippen molar-refractivity contribution in [2.24, 2.45) is 0 Å². The van der Waals surface area contributed by atoms with Crippen LogP contribution >= 0.6 is 12.4 Å². The third-order valence-corrected chi connectivity index (χ3v) is 1.47. The summed E-state index contributed by atoms with van der Waals surface area (Å²) in [5.41, 5.74) is 0.237. The van der Waals surface area contributed by atoms with Gasteiger partial charge in [-0.25, -0.2) is 8.78 Å². The van der Waals surface area contributed by atoms with E-state index in [1.54, 1.807) is 6.92 Å². The van der Waals surface area contributed by atoms with Crippen LogP contribution in [0.15, 0.2) is 18.2 Å². The molecule has 1 aromatic carbocycles. The summed E-state index contributed by atoms with van der Waals surface area (Å²) in [4.78, 5) is 0. The van der Waals surface area contributed by atoms with E-state index in [2.05, 4.69) is 0 Å². The molecule has 0 aromatic heterocycles. The largest absolute Gasteiger partial charge is 0.478 e. The molecule has 5 heteroatoms. The Kier molecular flexibility index (Phi) is 5.09. The van der Waals surface area contributed by atoms with Gasteiger partial charge in [0.25, 0.3) is 0 Å². The third-order valence-electron chi connectivity index (χ3n) is 1.47. The van der Waals surface area contributed by atoms with Crippen LogP contribution in [0.2, 0.25) is 0 Å². The van der Waals surface area contributed by atoms with Crippen molar-refractivity contribution in [2.75, 3.05) is 6.61 Å². The van der Waals surface area contributed by atoms with Crippen molar-refractivity contribution >= 4 is 18.3 Å². The van der Waals surface area contributed by atoms with Gasteiger partial charge < -0.3 is 4.74 Å². The van der Waals surface area contributed by atoms with Crippen LogP contribution in [-0.4, -0.2) is 12.5 Å². The predicted molar refractivity (Wildman–Crippen MR) is 52.1 cm³/mol. The summed E-state index contributed by atoms with van der Waals surface area (Å²) in [6, 6.07) is 3.21. The maximum atomic E-state index is 12.7. The summed E-state index contributed by atoms with van der Waals surface area (Å²) in [5, 5.41) is 7.29. The number of hydrogen-bond acceptors (Lipinski definition) is 2. The molecule has 0 atom stereocenters. The molecule has 1 rings (SSSR count). The van der Waals surface area contributed by atoms with Gasteiger partial charge in [-0.15, -0.1) is 12.4 Å². The van der Waals surface area contributed by atoms with E-state index in [0.29, 0.717) is 6.61 Å². The van der Waals surface area contributed by atoms with Crippen LogP contribution in [-0.2, 0) is 4.74 Å². The van der Waals surface area contributed by atoms with Crippen LogP contribution in [0.4, 0.5) is 8.78 Å². The van der Waals surface area contributed by atoms with Gasteiger partial charge in [0.15, 0.2) is 11.6 Å². The van der Waals surface area contributed by atoms with Gasteiger partial charge in [0.1, 0.15) is 0 Å². The average molecular weight is 222 g/mol. The highest BCUT2D eigenvalue weighted by atomic mass is 35.5. The first-order valence-electron chi connectivity index (χ1n) is 3.82. The summed E-state index contributed by atoms with van der Waals surface area (Å²) in [5.74, 6) is -2.04. The zero-order valence-corrected chi connectivity index (χ0v) is 8.33. The molecule has 0 unspecified atom stereocenters. The number of rotatable bonds is 2. The standard InChI is InChI=1S/C9H9F2NO.ClH/c1-2-13-9(12)6-3-4-7(10)8(11)5-6;/h3-5,12H,2H2,1H3;1H. The smallest absolute Gasteiger partial charge is 0.213 e. The first-order chi connectivity index (χ1) is 6.15. The fraction of sp³-hybridized carbons (Fsp3) is 0.222. The third kappa shape index (κ3) is 2.96. The Hall–Kier alpha value is -1.16. The normalized spacial score (nSPS) is 9.07. The highest BCUT2D eigenvalue weighted by Crippen LogP contribution is 2.09. The second-order valence-electron chi connectivity index (χ2n) is 2.39. The number of ether oxygens (including phenoxy) is 1. The molecule has 0 aliphatic carbocycles. The fourth-order valence-electron chi connectivity index (χ4n) is 0.865. The molecule has 0 aliphatic heterocycles. The molecule has 2 nitrogen and oxygen atoms in total. The van der Waals surface area contributed by atoms with Crippen molar-refractivity contribution in [1.82, 2.24) is 0 Å². The number of nitrogens with one attached hydrogen (secondary N) is 1. The highest BCUT2D eigenvalue weighted by Gasteiger charge is 2.06. The van der Waals surface area contributed by atoms with Gasteiger partial charge in [-0.1, -0.05) is 0 Å². The predicted octanol–water partition coefficient (Wildman–Crippen LogP) is 2.75. The van der Waals surface area contributed by atoms with E-state index in [0.717, 1.165) is 12.1 Å². The average Bonchev–Trinajstić information content (AvgIpc) is 2.10. The van der Waals surface area contributed by atoms with Gasteiger partial charge in [0.05, 0.1) is 6.61 Å². The molecular formula is C9H10ClF2NO. The van der Waals surface area contributed by atoms with E-state index in [1.165, 1.54) is 6.07 Å². The van der Waals surface area contributed by atoms with Crippen molar-refractivity contribution in [2.45, 2.75) is 6.92 Å². The van der Waals surface area contributed by atoms with Crippen LogP contribution in [0.5, 0.6) is 0 Å². The van der Waals surface area contributed by atoms with Gasteiger partial charge in [0.2, 0.25) is 5.90 Å². The lowest BCUT2D eigenvalue weighted by molar-refractivity contribution is 0.325. The van der Waals surface area contributed by atoms with Gasteiger partial charge in [-0.2, -0.15) is 0 Å². The highest BCUT2D eigenvalue weighted by molar-refractivity contribution is 5.91. The molecule has 1 N–H and O–H groups in total. The van der Waals surface area contributed by atoms with E-state index in [9.17, 15) is 8.78 Å². The molecule has 0 spiro atoms. The van der Waals surface area contributed by atoms with Crippen LogP contribution < -0.4 is 0 Å². The Morgan fingerprint density at radius 2 is 2.00 bits per heavy atom. The second kappa shape index (κ2) is 5.54. The van der Waals surface area contributed by atoms with Gasteiger partial charge in [-0.05, 0) is 25.1 Å². The summed E-state index contributed by atoms with van der Waals surface area (Å²) in [7, 11) is 0. The molecule has 0 amide bonds. The molecular weight excluding hydrogens is 212 g/mol. The number of halogens is 3. The molecule has 0 heterocycles. The Balaban J connectivity index is 0.00000169. The second-order valence-corrected chi connectivity index (χ2v) is 2.39. The monoisotopic (exact) mass is 221 g/mol. The molecule has 0 radical (unpaired) electrons. The lowest BCUT2D eigenvalue weighted by atomic mass is 10.2. The first kappa shape index (κ1) is 12.8.